The summed E-state index contributed by atoms with van der Waals surface area (Å²) in [5, 5.41) is 3.02. The Bertz CT molecular complexity index is 658. The smallest absolute Gasteiger partial charge is 0.193 e. The molecule has 0 aliphatic rings. The molecule has 2 nitrogen and oxygen atoms in total. The zero-order chi connectivity index (χ0) is 13.2. The Morgan fingerprint density at radius 3 is 3.05 bits per heavy atom. The van der Waals surface area contributed by atoms with E-state index in [9.17, 15) is 0 Å². The van der Waals surface area contributed by atoms with Crippen LogP contribution in [0.15, 0.2) is 42.0 Å². The molecule has 0 fully saturated rings. The fourth-order valence-electron chi connectivity index (χ4n) is 2.31. The highest BCUT2D eigenvalue weighted by Gasteiger charge is 2.13. The van der Waals surface area contributed by atoms with E-state index in [1.807, 2.05) is 0 Å². The standard InChI is InChI=1S/C15H15BrN2S/c1-11-3-2-4-12(7-11)13(9-16)8-14-10-18-5-6-19-15(18)17-14/h2-7,10,13H,8-9H2,1H3. The van der Waals surface area contributed by atoms with E-state index < -0.39 is 0 Å². The second kappa shape index (κ2) is 5.47. The number of rotatable bonds is 4. The van der Waals surface area contributed by atoms with Crippen molar-refractivity contribution in [2.45, 2.75) is 19.3 Å². The molecule has 0 bridgehead atoms. The lowest BCUT2D eigenvalue weighted by Crippen LogP contribution is -2.05. The van der Waals surface area contributed by atoms with Crippen molar-refractivity contribution in [2.24, 2.45) is 0 Å². The van der Waals surface area contributed by atoms with Crippen LogP contribution in [0.5, 0.6) is 0 Å². The van der Waals surface area contributed by atoms with Crippen LogP contribution in [0.4, 0.5) is 0 Å². The van der Waals surface area contributed by atoms with Crippen LogP contribution in [0.3, 0.4) is 0 Å². The van der Waals surface area contributed by atoms with E-state index in [2.05, 4.69) is 74.3 Å². The Kier molecular flexibility index (Phi) is 3.71. The summed E-state index contributed by atoms with van der Waals surface area (Å²) in [6.07, 6.45) is 5.17. The molecule has 1 unspecified atom stereocenters. The van der Waals surface area contributed by atoms with Gasteiger partial charge in [0.1, 0.15) is 0 Å². The second-order valence-corrected chi connectivity index (χ2v) is 6.32. The predicted molar refractivity (Wildman–Crippen MR) is 84.5 cm³/mol. The topological polar surface area (TPSA) is 17.3 Å². The van der Waals surface area contributed by atoms with Gasteiger partial charge in [0.25, 0.3) is 0 Å². The summed E-state index contributed by atoms with van der Waals surface area (Å²) in [7, 11) is 0. The molecule has 2 aromatic heterocycles. The summed E-state index contributed by atoms with van der Waals surface area (Å²) >= 11 is 5.32. The minimum atomic E-state index is 0.476. The molecule has 0 amide bonds. The van der Waals surface area contributed by atoms with Crippen LogP contribution in [0, 0.1) is 6.92 Å². The molecular weight excluding hydrogens is 320 g/mol. The number of fused-ring (bicyclic) bond motifs is 1. The number of hydrogen-bond acceptors (Lipinski definition) is 2. The van der Waals surface area contributed by atoms with Gasteiger partial charge in [0.05, 0.1) is 5.69 Å². The fraction of sp³-hybridized carbons (Fsp3) is 0.267. The number of aryl methyl sites for hydroxylation is 1. The summed E-state index contributed by atoms with van der Waals surface area (Å²) in [4.78, 5) is 5.75. The van der Waals surface area contributed by atoms with Crippen LogP contribution >= 0.6 is 27.3 Å². The largest absolute Gasteiger partial charge is 0.297 e. The third-order valence-electron chi connectivity index (χ3n) is 3.30. The number of imidazole rings is 1. The quantitative estimate of drug-likeness (QED) is 0.645. The molecule has 0 saturated carbocycles. The van der Waals surface area contributed by atoms with Crippen molar-refractivity contribution in [1.29, 1.82) is 0 Å². The van der Waals surface area contributed by atoms with Crippen LogP contribution in [-0.4, -0.2) is 14.7 Å². The maximum atomic E-state index is 4.67. The van der Waals surface area contributed by atoms with Gasteiger partial charge >= 0.3 is 0 Å². The first-order chi connectivity index (χ1) is 9.26. The molecular formula is C15H15BrN2S. The minimum Gasteiger partial charge on any atom is -0.297 e. The summed E-state index contributed by atoms with van der Waals surface area (Å²) in [5.41, 5.74) is 3.86. The summed E-state index contributed by atoms with van der Waals surface area (Å²) in [6, 6.07) is 8.75. The van der Waals surface area contributed by atoms with Crippen molar-refractivity contribution >= 4 is 32.2 Å². The van der Waals surface area contributed by atoms with Crippen molar-refractivity contribution in [3.05, 3.63) is 58.9 Å². The van der Waals surface area contributed by atoms with Crippen LogP contribution in [0.25, 0.3) is 4.96 Å². The molecule has 4 heteroatoms. The van der Waals surface area contributed by atoms with Gasteiger partial charge in [-0.15, -0.1) is 11.3 Å². The lowest BCUT2D eigenvalue weighted by molar-refractivity contribution is 0.760. The molecule has 3 rings (SSSR count). The average Bonchev–Trinajstić information content (AvgIpc) is 2.96. The van der Waals surface area contributed by atoms with Gasteiger partial charge in [0.2, 0.25) is 0 Å². The number of halogens is 1. The van der Waals surface area contributed by atoms with E-state index in [1.54, 1.807) is 11.3 Å². The molecule has 0 aliphatic carbocycles. The SMILES string of the molecule is Cc1cccc(C(CBr)Cc2cn3ccsc3n2)c1. The first-order valence-electron chi connectivity index (χ1n) is 6.30. The highest BCUT2D eigenvalue weighted by Crippen LogP contribution is 2.24. The molecule has 98 valence electrons. The van der Waals surface area contributed by atoms with Crippen LogP contribution in [0.1, 0.15) is 22.7 Å². The van der Waals surface area contributed by atoms with Crippen molar-refractivity contribution in [1.82, 2.24) is 9.38 Å². The Morgan fingerprint density at radius 1 is 1.42 bits per heavy atom. The third-order valence-corrected chi connectivity index (χ3v) is 4.85. The Hall–Kier alpha value is -1.13. The maximum Gasteiger partial charge on any atom is 0.193 e. The Balaban J connectivity index is 1.85. The highest BCUT2D eigenvalue weighted by atomic mass is 79.9. The van der Waals surface area contributed by atoms with Gasteiger partial charge in [-0.3, -0.25) is 4.40 Å². The monoisotopic (exact) mass is 334 g/mol. The van der Waals surface area contributed by atoms with E-state index in [-0.39, 0.29) is 0 Å². The first-order valence-corrected chi connectivity index (χ1v) is 8.30. The lowest BCUT2D eigenvalue weighted by Gasteiger charge is -2.13. The number of benzene rings is 1. The van der Waals surface area contributed by atoms with Crippen molar-refractivity contribution in [3.63, 3.8) is 0 Å². The number of thiazole rings is 1. The van der Waals surface area contributed by atoms with Gasteiger partial charge in [-0.2, -0.15) is 0 Å². The summed E-state index contributed by atoms with van der Waals surface area (Å²) in [6.45, 7) is 2.14. The predicted octanol–water partition coefficient (Wildman–Crippen LogP) is 4.43. The van der Waals surface area contributed by atoms with Crippen molar-refractivity contribution < 1.29 is 0 Å². The summed E-state index contributed by atoms with van der Waals surface area (Å²) in [5.74, 6) is 0.476. The van der Waals surface area contributed by atoms with E-state index in [1.165, 1.54) is 11.1 Å². The zero-order valence-corrected chi connectivity index (χ0v) is 13.1. The number of alkyl halides is 1. The molecule has 1 aromatic carbocycles. The van der Waals surface area contributed by atoms with Gasteiger partial charge in [-0.25, -0.2) is 4.98 Å². The van der Waals surface area contributed by atoms with Gasteiger partial charge < -0.3 is 0 Å². The zero-order valence-electron chi connectivity index (χ0n) is 10.7. The normalized spacial score (nSPS) is 12.9. The molecule has 2 heterocycles. The summed E-state index contributed by atoms with van der Waals surface area (Å²) < 4.78 is 2.10. The van der Waals surface area contributed by atoms with Crippen molar-refractivity contribution in [2.75, 3.05) is 5.33 Å². The fourth-order valence-corrected chi connectivity index (χ4v) is 3.63. The Labute approximate surface area is 125 Å². The average molecular weight is 335 g/mol. The Morgan fingerprint density at radius 2 is 2.32 bits per heavy atom. The second-order valence-electron chi connectivity index (χ2n) is 4.79. The molecule has 1 atom stereocenters. The molecule has 0 N–H and O–H groups in total. The number of nitrogens with zero attached hydrogens (tertiary/aromatic N) is 2. The van der Waals surface area contributed by atoms with Crippen LogP contribution in [0.2, 0.25) is 0 Å². The van der Waals surface area contributed by atoms with Crippen LogP contribution < -0.4 is 0 Å². The molecule has 19 heavy (non-hydrogen) atoms. The van der Waals surface area contributed by atoms with Gasteiger partial charge in [0.15, 0.2) is 4.96 Å². The number of aromatic nitrogens is 2. The maximum absolute atomic E-state index is 4.67. The molecule has 0 saturated heterocycles. The number of hydrogen-bond donors (Lipinski definition) is 0. The highest BCUT2D eigenvalue weighted by molar-refractivity contribution is 9.09. The molecule has 0 radical (unpaired) electrons. The lowest BCUT2D eigenvalue weighted by atomic mass is 9.95. The van der Waals surface area contributed by atoms with Crippen LogP contribution in [-0.2, 0) is 6.42 Å². The van der Waals surface area contributed by atoms with E-state index in [4.69, 9.17) is 0 Å². The molecule has 3 aromatic rings. The molecule has 0 spiro atoms. The van der Waals surface area contributed by atoms with E-state index >= 15 is 0 Å². The van der Waals surface area contributed by atoms with E-state index in [0.29, 0.717) is 5.92 Å². The van der Waals surface area contributed by atoms with Gasteiger partial charge in [-0.05, 0) is 24.8 Å². The van der Waals surface area contributed by atoms with Crippen molar-refractivity contribution in [3.8, 4) is 0 Å². The van der Waals surface area contributed by atoms with E-state index in [0.717, 1.165) is 22.4 Å². The minimum absolute atomic E-state index is 0.476. The van der Waals surface area contributed by atoms with Gasteiger partial charge in [-0.1, -0.05) is 45.8 Å². The third kappa shape index (κ3) is 2.74. The van der Waals surface area contributed by atoms with Gasteiger partial charge in [0, 0.05) is 23.1 Å². The first kappa shape index (κ1) is 12.9. The molecule has 0 aliphatic heterocycles.